The Morgan fingerprint density at radius 2 is 2.00 bits per heavy atom. The van der Waals surface area contributed by atoms with E-state index in [2.05, 4.69) is 54.0 Å². The molecule has 32 heavy (non-hydrogen) atoms. The fraction of sp³-hybridized carbons (Fsp3) is 0.519. The van der Waals surface area contributed by atoms with E-state index in [0.29, 0.717) is 17.5 Å². The Balaban J connectivity index is 1.45. The average molecular weight is 455 g/mol. The normalized spacial score (nSPS) is 18.8. The summed E-state index contributed by atoms with van der Waals surface area (Å²) in [5, 5.41) is 0.672. The molecule has 0 aromatic heterocycles. The predicted octanol–water partition coefficient (Wildman–Crippen LogP) is 5.56. The number of carbonyl (C=O) groups excluding carboxylic acids is 1. The molecule has 0 saturated carbocycles. The third kappa shape index (κ3) is 5.85. The third-order valence-corrected chi connectivity index (χ3v) is 6.69. The van der Waals surface area contributed by atoms with Gasteiger partial charge in [-0.15, -0.1) is 0 Å². The van der Waals surface area contributed by atoms with Crippen LogP contribution in [0.2, 0.25) is 5.02 Å². The fourth-order valence-electron chi connectivity index (χ4n) is 4.91. The second kappa shape index (κ2) is 10.7. The van der Waals surface area contributed by atoms with E-state index in [1.807, 2.05) is 12.1 Å². The highest BCUT2D eigenvalue weighted by Crippen LogP contribution is 2.34. The predicted molar refractivity (Wildman–Crippen MR) is 130 cm³/mol. The molecule has 0 N–H and O–H groups in total. The number of hydrogen-bond donors (Lipinski definition) is 0. The molecule has 4 nitrogen and oxygen atoms in total. The second-order valence-electron chi connectivity index (χ2n) is 9.69. The van der Waals surface area contributed by atoms with E-state index >= 15 is 0 Å². The molecule has 2 aromatic rings. The molecule has 2 aliphatic rings. The highest BCUT2D eigenvalue weighted by Gasteiger charge is 2.32. The first kappa shape index (κ1) is 23.1. The number of halogens is 1. The first-order valence-electron chi connectivity index (χ1n) is 12.0. The molecule has 0 aliphatic carbocycles. The molecule has 5 heteroatoms. The van der Waals surface area contributed by atoms with Crippen molar-refractivity contribution in [1.82, 2.24) is 9.80 Å². The van der Waals surface area contributed by atoms with Crippen LogP contribution in [0.5, 0.6) is 5.75 Å². The Morgan fingerprint density at radius 3 is 2.78 bits per heavy atom. The maximum atomic E-state index is 13.6. The van der Waals surface area contributed by atoms with Gasteiger partial charge in [0.15, 0.2) is 0 Å². The van der Waals surface area contributed by atoms with Crippen LogP contribution in [0.15, 0.2) is 42.5 Å². The van der Waals surface area contributed by atoms with Gasteiger partial charge in [0, 0.05) is 26.2 Å². The molecule has 1 amide bonds. The standard InChI is InChI=1S/C27H35ClN2O2/c1-20(2)16-30(18-22-14-23-10-6-7-13-32-26(23)25(28)15-22)27(31)24-11-12-29(19-24)17-21-8-4-3-5-9-21/h3-5,8-9,14-15,20,24H,6-7,10-13,16-19H2,1-2H3/t24-/m1/s1. The van der Waals surface area contributed by atoms with E-state index in [9.17, 15) is 4.79 Å². The molecule has 0 bridgehead atoms. The topological polar surface area (TPSA) is 32.8 Å². The number of hydrogen-bond acceptors (Lipinski definition) is 3. The number of nitrogens with zero attached hydrogens (tertiary/aromatic N) is 2. The molecule has 0 spiro atoms. The van der Waals surface area contributed by atoms with Crippen LogP contribution in [0.4, 0.5) is 0 Å². The molecular formula is C27H35ClN2O2. The summed E-state index contributed by atoms with van der Waals surface area (Å²) >= 11 is 6.58. The lowest BCUT2D eigenvalue weighted by Gasteiger charge is -2.28. The summed E-state index contributed by atoms with van der Waals surface area (Å²) in [5.74, 6) is 1.59. The van der Waals surface area contributed by atoms with Crippen LogP contribution in [-0.2, 0) is 24.3 Å². The number of likely N-dealkylation sites (tertiary alicyclic amines) is 1. The van der Waals surface area contributed by atoms with Gasteiger partial charge in [0.2, 0.25) is 5.91 Å². The summed E-state index contributed by atoms with van der Waals surface area (Å²) in [4.78, 5) is 18.0. The van der Waals surface area contributed by atoms with Crippen LogP contribution >= 0.6 is 11.6 Å². The van der Waals surface area contributed by atoms with Gasteiger partial charge in [-0.05, 0) is 60.9 Å². The number of amides is 1. The van der Waals surface area contributed by atoms with Crippen molar-refractivity contribution >= 4 is 17.5 Å². The Morgan fingerprint density at radius 1 is 1.19 bits per heavy atom. The van der Waals surface area contributed by atoms with Gasteiger partial charge in [-0.25, -0.2) is 0 Å². The molecular weight excluding hydrogens is 420 g/mol. The Hall–Kier alpha value is -2.04. The van der Waals surface area contributed by atoms with Gasteiger partial charge >= 0.3 is 0 Å². The molecule has 2 heterocycles. The van der Waals surface area contributed by atoms with Crippen LogP contribution in [-0.4, -0.2) is 41.9 Å². The van der Waals surface area contributed by atoms with E-state index < -0.39 is 0 Å². The first-order chi connectivity index (χ1) is 15.5. The van der Waals surface area contributed by atoms with Gasteiger partial charge in [-0.1, -0.05) is 61.8 Å². The molecule has 1 fully saturated rings. The minimum atomic E-state index is 0.0668. The van der Waals surface area contributed by atoms with Gasteiger partial charge in [-0.2, -0.15) is 0 Å². The van der Waals surface area contributed by atoms with Crippen molar-refractivity contribution in [2.45, 2.75) is 52.6 Å². The van der Waals surface area contributed by atoms with Gasteiger partial charge in [0.25, 0.3) is 0 Å². The summed E-state index contributed by atoms with van der Waals surface area (Å²) in [6.07, 6.45) is 4.08. The minimum absolute atomic E-state index is 0.0668. The van der Waals surface area contributed by atoms with E-state index in [1.165, 1.54) is 11.1 Å². The Labute approximate surface area is 197 Å². The molecule has 172 valence electrons. The highest BCUT2D eigenvalue weighted by molar-refractivity contribution is 6.32. The summed E-state index contributed by atoms with van der Waals surface area (Å²) in [5.41, 5.74) is 3.59. The number of benzene rings is 2. The second-order valence-corrected chi connectivity index (χ2v) is 10.1. The van der Waals surface area contributed by atoms with Crippen molar-refractivity contribution in [1.29, 1.82) is 0 Å². The van der Waals surface area contributed by atoms with Gasteiger partial charge < -0.3 is 9.64 Å². The lowest BCUT2D eigenvalue weighted by Crippen LogP contribution is -2.39. The van der Waals surface area contributed by atoms with Gasteiger partial charge in [0.1, 0.15) is 5.75 Å². The number of carbonyl (C=O) groups is 1. The van der Waals surface area contributed by atoms with Crippen LogP contribution < -0.4 is 4.74 Å². The first-order valence-corrected chi connectivity index (χ1v) is 12.4. The highest BCUT2D eigenvalue weighted by atomic mass is 35.5. The zero-order valence-corrected chi connectivity index (χ0v) is 20.1. The van der Waals surface area contributed by atoms with Crippen LogP contribution in [0.1, 0.15) is 49.8 Å². The minimum Gasteiger partial charge on any atom is -0.492 e. The average Bonchev–Trinajstić information content (AvgIpc) is 3.09. The molecule has 0 radical (unpaired) electrons. The largest absolute Gasteiger partial charge is 0.492 e. The van der Waals surface area contributed by atoms with E-state index in [0.717, 1.165) is 69.8 Å². The van der Waals surface area contributed by atoms with Crippen molar-refractivity contribution in [2.24, 2.45) is 11.8 Å². The summed E-state index contributed by atoms with van der Waals surface area (Å²) in [6, 6.07) is 14.7. The third-order valence-electron chi connectivity index (χ3n) is 6.41. The zero-order chi connectivity index (χ0) is 22.5. The lowest BCUT2D eigenvalue weighted by atomic mass is 10.0. The number of aryl methyl sites for hydroxylation is 1. The van der Waals surface area contributed by atoms with Crippen molar-refractivity contribution in [3.8, 4) is 5.75 Å². The Kier molecular flexibility index (Phi) is 7.75. The molecule has 4 rings (SSSR count). The Bertz CT molecular complexity index is 915. The van der Waals surface area contributed by atoms with Gasteiger partial charge in [-0.3, -0.25) is 9.69 Å². The summed E-state index contributed by atoms with van der Waals surface area (Å²) < 4.78 is 5.88. The SMILES string of the molecule is CC(C)CN(Cc1cc(Cl)c2c(c1)CCCCO2)C(=O)[C@@H]1CCN(Cc2ccccc2)C1. The fourth-order valence-corrected chi connectivity index (χ4v) is 5.23. The van der Waals surface area contributed by atoms with Gasteiger partial charge in [0.05, 0.1) is 17.5 Å². The van der Waals surface area contributed by atoms with Crippen molar-refractivity contribution in [2.75, 3.05) is 26.2 Å². The maximum Gasteiger partial charge on any atom is 0.227 e. The van der Waals surface area contributed by atoms with Crippen molar-refractivity contribution in [3.63, 3.8) is 0 Å². The number of fused-ring (bicyclic) bond motifs is 1. The zero-order valence-electron chi connectivity index (χ0n) is 19.4. The van der Waals surface area contributed by atoms with Crippen LogP contribution in [0.3, 0.4) is 0 Å². The van der Waals surface area contributed by atoms with E-state index in [4.69, 9.17) is 16.3 Å². The lowest BCUT2D eigenvalue weighted by molar-refractivity contribution is -0.136. The monoisotopic (exact) mass is 454 g/mol. The molecule has 2 aromatic carbocycles. The van der Waals surface area contributed by atoms with E-state index in [-0.39, 0.29) is 11.8 Å². The number of rotatable bonds is 7. The summed E-state index contributed by atoms with van der Waals surface area (Å²) in [6.45, 7) is 9.17. The molecule has 1 atom stereocenters. The molecule has 2 aliphatic heterocycles. The number of ether oxygens (including phenoxy) is 1. The van der Waals surface area contributed by atoms with Crippen LogP contribution in [0, 0.1) is 11.8 Å². The summed E-state index contributed by atoms with van der Waals surface area (Å²) in [7, 11) is 0. The van der Waals surface area contributed by atoms with Crippen LogP contribution in [0.25, 0.3) is 0 Å². The smallest absolute Gasteiger partial charge is 0.227 e. The van der Waals surface area contributed by atoms with Crippen molar-refractivity contribution < 1.29 is 9.53 Å². The van der Waals surface area contributed by atoms with E-state index in [1.54, 1.807) is 0 Å². The van der Waals surface area contributed by atoms with Crippen molar-refractivity contribution in [3.05, 3.63) is 64.2 Å². The molecule has 0 unspecified atom stereocenters. The maximum absolute atomic E-state index is 13.6. The quantitative estimate of drug-likeness (QED) is 0.548. The molecule has 1 saturated heterocycles.